The highest BCUT2D eigenvalue weighted by molar-refractivity contribution is 6.15. The zero-order chi connectivity index (χ0) is 22.5. The molecule has 0 unspecified atom stereocenters. The van der Waals surface area contributed by atoms with Crippen molar-refractivity contribution in [3.63, 3.8) is 0 Å². The van der Waals surface area contributed by atoms with E-state index in [1.165, 1.54) is 0 Å². The largest absolute Gasteiger partial charge is 0.477 e. The number of carboxylic acids is 1. The molecule has 0 saturated carbocycles. The molecule has 0 fully saturated rings. The van der Waals surface area contributed by atoms with E-state index >= 15 is 0 Å². The lowest BCUT2D eigenvalue weighted by molar-refractivity contribution is -0.137. The molecule has 31 heavy (non-hydrogen) atoms. The molecule has 0 atom stereocenters. The monoisotopic (exact) mass is 435 g/mol. The van der Waals surface area contributed by atoms with Crippen LogP contribution in [-0.4, -0.2) is 26.3 Å². The number of halogens is 5. The van der Waals surface area contributed by atoms with Crippen LogP contribution in [0.2, 0.25) is 0 Å². The molecule has 0 saturated heterocycles. The molecule has 1 aliphatic heterocycles. The summed E-state index contributed by atoms with van der Waals surface area (Å²) in [4.78, 5) is 32.0. The zero-order valence-electron chi connectivity index (χ0n) is 15.2. The fraction of sp³-hybridized carbons (Fsp3) is 0.100. The van der Waals surface area contributed by atoms with Gasteiger partial charge < -0.3 is 5.11 Å². The number of hydrogen-bond acceptors (Lipinski definition) is 4. The van der Waals surface area contributed by atoms with Crippen LogP contribution in [0.5, 0.6) is 0 Å². The molecule has 4 rings (SSSR count). The van der Waals surface area contributed by atoms with Crippen molar-refractivity contribution in [3.05, 3.63) is 92.7 Å². The highest BCUT2D eigenvalue weighted by atomic mass is 19.4. The smallest absolute Gasteiger partial charge is 0.416 e. The van der Waals surface area contributed by atoms with Crippen molar-refractivity contribution in [1.82, 2.24) is 9.55 Å². The van der Waals surface area contributed by atoms with Gasteiger partial charge in [-0.05, 0) is 30.3 Å². The van der Waals surface area contributed by atoms with Crippen LogP contribution in [0.3, 0.4) is 0 Å². The summed E-state index contributed by atoms with van der Waals surface area (Å²) < 4.78 is 69.8. The normalized spacial score (nSPS) is 13.1. The van der Waals surface area contributed by atoms with Gasteiger partial charge >= 0.3 is 12.1 Å². The van der Waals surface area contributed by atoms with Crippen molar-refractivity contribution in [3.8, 4) is 5.69 Å². The van der Waals surface area contributed by atoms with Crippen molar-refractivity contribution in [2.45, 2.75) is 12.7 Å². The molecule has 0 spiro atoms. The number of aromatic nitrogens is 2. The number of hydrogen-bond donors (Lipinski definition) is 1. The van der Waals surface area contributed by atoms with E-state index in [0.29, 0.717) is 12.1 Å². The van der Waals surface area contributed by atoms with Crippen LogP contribution in [-0.2, 0) is 12.7 Å². The van der Waals surface area contributed by atoms with Crippen LogP contribution in [0.25, 0.3) is 5.69 Å². The Kier molecular flexibility index (Phi) is 4.68. The Morgan fingerprint density at radius 1 is 1.10 bits per heavy atom. The van der Waals surface area contributed by atoms with E-state index in [1.54, 1.807) is 0 Å². The molecular weight excluding hydrogens is 425 g/mol. The Morgan fingerprint density at radius 3 is 2.39 bits per heavy atom. The maximum atomic E-state index is 14.5. The average Bonchev–Trinajstić information content (AvgIpc) is 2.84. The van der Waals surface area contributed by atoms with Gasteiger partial charge in [0.25, 0.3) is 5.56 Å². The first kappa shape index (κ1) is 20.4. The predicted molar refractivity (Wildman–Crippen MR) is 97.5 cm³/mol. The van der Waals surface area contributed by atoms with Crippen LogP contribution >= 0.6 is 0 Å². The van der Waals surface area contributed by atoms with E-state index in [0.717, 1.165) is 35.0 Å². The highest BCUT2D eigenvalue weighted by Crippen LogP contribution is 2.34. The summed E-state index contributed by atoms with van der Waals surface area (Å²) in [6, 6.07) is 5.10. The van der Waals surface area contributed by atoms with E-state index in [2.05, 4.69) is 9.98 Å². The van der Waals surface area contributed by atoms with Gasteiger partial charge in [0.05, 0.1) is 29.1 Å². The Bertz CT molecular complexity index is 1310. The number of carbonyl (C=O) groups is 1. The molecule has 3 aromatic rings. The van der Waals surface area contributed by atoms with Gasteiger partial charge in [0.15, 0.2) is 0 Å². The molecular formula is C20H10F5N3O3. The molecule has 1 aliphatic rings. The average molecular weight is 435 g/mol. The number of aliphatic imine (C=N–C) groups is 1. The van der Waals surface area contributed by atoms with Crippen LogP contribution in [0.1, 0.15) is 32.9 Å². The first-order valence-corrected chi connectivity index (χ1v) is 8.64. The number of benzene rings is 2. The standard InChI is InChI=1S/C20H10F5N3O3/c21-12-2-1-3-13(22)16(12)17-10-6-9(20(23,24)25)4-5-14(10)28-15(8-27-17)26-7-11(18(28)29)19(30)31/h1-7H,8H2,(H,30,31). The van der Waals surface area contributed by atoms with Gasteiger partial charge in [0.2, 0.25) is 0 Å². The van der Waals surface area contributed by atoms with Crippen molar-refractivity contribution in [2.24, 2.45) is 4.99 Å². The second-order valence-electron chi connectivity index (χ2n) is 6.52. The molecule has 158 valence electrons. The van der Waals surface area contributed by atoms with Crippen molar-refractivity contribution < 1.29 is 31.9 Å². The lowest BCUT2D eigenvalue weighted by atomic mass is 9.97. The van der Waals surface area contributed by atoms with E-state index in [1.807, 2.05) is 0 Å². The minimum absolute atomic E-state index is 0.109. The maximum absolute atomic E-state index is 14.5. The summed E-state index contributed by atoms with van der Waals surface area (Å²) in [5.74, 6) is -3.84. The van der Waals surface area contributed by atoms with Crippen LogP contribution in [0, 0.1) is 11.6 Å². The van der Waals surface area contributed by atoms with Crippen LogP contribution < -0.4 is 5.56 Å². The van der Waals surface area contributed by atoms with E-state index in [-0.39, 0.29) is 11.5 Å². The van der Waals surface area contributed by atoms with Gasteiger partial charge in [-0.2, -0.15) is 13.2 Å². The Labute approximate surface area is 169 Å². The Balaban J connectivity index is 2.10. The lowest BCUT2D eigenvalue weighted by Gasteiger charge is -2.16. The Morgan fingerprint density at radius 2 is 1.77 bits per heavy atom. The van der Waals surface area contributed by atoms with E-state index < -0.39 is 63.8 Å². The predicted octanol–water partition coefficient (Wildman–Crippen LogP) is 3.58. The fourth-order valence-corrected chi connectivity index (χ4v) is 3.27. The van der Waals surface area contributed by atoms with Gasteiger partial charge in [-0.15, -0.1) is 0 Å². The summed E-state index contributed by atoms with van der Waals surface area (Å²) in [5, 5.41) is 9.21. The van der Waals surface area contributed by atoms with Crippen LogP contribution in [0.15, 0.2) is 52.4 Å². The maximum Gasteiger partial charge on any atom is 0.416 e. The summed E-state index contributed by atoms with van der Waals surface area (Å²) >= 11 is 0. The molecule has 0 bridgehead atoms. The van der Waals surface area contributed by atoms with Gasteiger partial charge in [-0.1, -0.05) is 6.07 Å². The topological polar surface area (TPSA) is 84.5 Å². The number of nitrogens with zero attached hydrogens (tertiary/aromatic N) is 3. The van der Waals surface area contributed by atoms with Crippen molar-refractivity contribution in [1.29, 1.82) is 0 Å². The van der Waals surface area contributed by atoms with Gasteiger partial charge in [-0.3, -0.25) is 14.4 Å². The van der Waals surface area contributed by atoms with E-state index in [9.17, 15) is 36.6 Å². The summed E-state index contributed by atoms with van der Waals surface area (Å²) in [6.45, 7) is -0.436. The first-order valence-electron chi connectivity index (χ1n) is 8.64. The molecule has 11 heteroatoms. The summed E-state index contributed by atoms with van der Waals surface area (Å²) in [6.07, 6.45) is -4.00. The highest BCUT2D eigenvalue weighted by Gasteiger charge is 2.34. The third-order valence-electron chi connectivity index (χ3n) is 4.66. The first-order chi connectivity index (χ1) is 14.6. The zero-order valence-corrected chi connectivity index (χ0v) is 15.2. The molecule has 0 amide bonds. The molecule has 1 aromatic heterocycles. The third-order valence-corrected chi connectivity index (χ3v) is 4.66. The second kappa shape index (κ2) is 7.11. The molecule has 6 nitrogen and oxygen atoms in total. The Hall–Kier alpha value is -3.89. The van der Waals surface area contributed by atoms with E-state index in [4.69, 9.17) is 0 Å². The minimum Gasteiger partial charge on any atom is -0.477 e. The van der Waals surface area contributed by atoms with Gasteiger partial charge in [-0.25, -0.2) is 18.6 Å². The number of rotatable bonds is 2. The molecule has 2 aromatic carbocycles. The molecule has 2 heterocycles. The molecule has 1 N–H and O–H groups in total. The SMILES string of the molecule is O=C(O)c1cnc2n(c1=O)-c1ccc(C(F)(F)F)cc1C(c1c(F)cccc1F)=NC2. The number of carboxylic acid groups (broad SMARTS) is 1. The van der Waals surface area contributed by atoms with Gasteiger partial charge in [0.1, 0.15) is 23.0 Å². The minimum atomic E-state index is -4.80. The second-order valence-corrected chi connectivity index (χ2v) is 6.52. The quantitative estimate of drug-likeness (QED) is 0.624. The fourth-order valence-electron chi connectivity index (χ4n) is 3.27. The third kappa shape index (κ3) is 3.37. The molecule has 0 radical (unpaired) electrons. The lowest BCUT2D eigenvalue weighted by Crippen LogP contribution is -2.29. The van der Waals surface area contributed by atoms with Crippen molar-refractivity contribution >= 4 is 11.7 Å². The molecule has 0 aliphatic carbocycles. The summed E-state index contributed by atoms with van der Waals surface area (Å²) in [5.41, 5.74) is -4.71. The number of fused-ring (bicyclic) bond motifs is 3. The van der Waals surface area contributed by atoms with Gasteiger partial charge in [0, 0.05) is 11.8 Å². The summed E-state index contributed by atoms with van der Waals surface area (Å²) in [7, 11) is 0. The van der Waals surface area contributed by atoms with Crippen LogP contribution in [0.4, 0.5) is 22.0 Å². The van der Waals surface area contributed by atoms with Crippen molar-refractivity contribution in [2.75, 3.05) is 0 Å². The number of alkyl halides is 3. The number of aromatic carboxylic acids is 1.